The Bertz CT molecular complexity index is 947. The van der Waals surface area contributed by atoms with Crippen molar-refractivity contribution in [2.45, 2.75) is 39.0 Å². The molecule has 3 heterocycles. The molecule has 132 valence electrons. The van der Waals surface area contributed by atoms with Gasteiger partial charge in [-0.3, -0.25) is 4.79 Å². The molecule has 1 aliphatic rings. The van der Waals surface area contributed by atoms with Crippen molar-refractivity contribution in [2.24, 2.45) is 0 Å². The zero-order chi connectivity index (χ0) is 17.6. The normalized spacial score (nSPS) is 17.2. The van der Waals surface area contributed by atoms with Crippen molar-refractivity contribution >= 4 is 33.1 Å². The monoisotopic (exact) mass is 359 g/mol. The fourth-order valence-electron chi connectivity index (χ4n) is 3.64. The van der Waals surface area contributed by atoms with Gasteiger partial charge in [0.25, 0.3) is 5.91 Å². The number of amides is 1. The molecule has 8 heteroatoms. The topological polar surface area (TPSA) is 83.6 Å². The minimum Gasteiger partial charge on any atom is -0.395 e. The van der Waals surface area contributed by atoms with Crippen LogP contribution in [0.1, 0.15) is 53.7 Å². The molecule has 0 saturated carbocycles. The van der Waals surface area contributed by atoms with Crippen molar-refractivity contribution in [3.63, 3.8) is 0 Å². The number of carbonyl (C=O) groups excluding carboxylic acids is 1. The molecule has 0 saturated heterocycles. The molecule has 0 radical (unpaired) electrons. The Hall–Kier alpha value is -2.06. The number of fused-ring (bicyclic) bond motifs is 5. The Balaban J connectivity index is 1.87. The molecule has 4 rings (SSSR count). The number of aromatic nitrogens is 4. The number of hydrogen-bond donors (Lipinski definition) is 1. The van der Waals surface area contributed by atoms with Crippen LogP contribution >= 0.6 is 11.3 Å². The van der Waals surface area contributed by atoms with E-state index in [0.29, 0.717) is 18.1 Å². The number of hydrogen-bond acceptors (Lipinski definition) is 6. The highest BCUT2D eigenvalue weighted by Gasteiger charge is 2.26. The number of rotatable bonds is 4. The molecule has 0 aliphatic heterocycles. The summed E-state index contributed by atoms with van der Waals surface area (Å²) in [6.45, 7) is 4.83. The van der Waals surface area contributed by atoms with E-state index in [1.165, 1.54) is 23.3 Å². The molecule has 0 bridgehead atoms. The van der Waals surface area contributed by atoms with Crippen LogP contribution in [-0.2, 0) is 6.42 Å². The number of aliphatic hydroxyl groups is 1. The average Bonchev–Trinajstić information content (AvgIpc) is 3.20. The predicted octanol–water partition coefficient (Wildman–Crippen LogP) is 2.23. The summed E-state index contributed by atoms with van der Waals surface area (Å²) in [4.78, 5) is 25.6. The minimum atomic E-state index is -0.259. The molecule has 1 amide bonds. The van der Waals surface area contributed by atoms with Crippen LogP contribution in [0, 0.1) is 0 Å². The molecule has 0 aromatic carbocycles. The van der Waals surface area contributed by atoms with Gasteiger partial charge in [-0.05, 0) is 37.7 Å². The predicted molar refractivity (Wildman–Crippen MR) is 96.2 cm³/mol. The summed E-state index contributed by atoms with van der Waals surface area (Å²) in [5.41, 5.74) is 2.04. The van der Waals surface area contributed by atoms with Crippen molar-refractivity contribution in [1.29, 1.82) is 0 Å². The molecule has 25 heavy (non-hydrogen) atoms. The highest BCUT2D eigenvalue weighted by atomic mass is 32.1. The largest absolute Gasteiger partial charge is 0.395 e. The first-order valence-corrected chi connectivity index (χ1v) is 9.52. The zero-order valence-electron chi connectivity index (χ0n) is 14.4. The van der Waals surface area contributed by atoms with E-state index in [0.717, 1.165) is 16.6 Å². The Labute approximate surface area is 149 Å². The standard InChI is InChI=1S/C17H21N5O2S/c1-3-21(7-8-23)17(24)14-19-15-13-12-10(2)5-4-6-11(12)25-16(13)18-9-22(15)20-14/h9-10,23H,3-8H2,1-2H3. The molecule has 1 atom stereocenters. The number of aryl methyl sites for hydroxylation is 1. The first-order valence-electron chi connectivity index (χ1n) is 8.70. The molecule has 0 fully saturated rings. The summed E-state index contributed by atoms with van der Waals surface area (Å²) >= 11 is 1.73. The van der Waals surface area contributed by atoms with E-state index in [4.69, 9.17) is 5.11 Å². The third-order valence-corrected chi connectivity index (χ3v) is 6.08. The smallest absolute Gasteiger partial charge is 0.293 e. The van der Waals surface area contributed by atoms with Gasteiger partial charge in [0.2, 0.25) is 5.82 Å². The fourth-order valence-corrected chi connectivity index (χ4v) is 4.94. The second-order valence-electron chi connectivity index (χ2n) is 6.47. The molecular formula is C17H21N5O2S. The molecule has 1 aliphatic carbocycles. The number of nitrogens with zero attached hydrogens (tertiary/aromatic N) is 5. The molecule has 3 aromatic rings. The lowest BCUT2D eigenvalue weighted by Gasteiger charge is -2.18. The third-order valence-electron chi connectivity index (χ3n) is 4.91. The summed E-state index contributed by atoms with van der Waals surface area (Å²) in [6.07, 6.45) is 5.10. The summed E-state index contributed by atoms with van der Waals surface area (Å²) < 4.78 is 1.61. The van der Waals surface area contributed by atoms with E-state index in [2.05, 4.69) is 22.0 Å². The van der Waals surface area contributed by atoms with Crippen LogP contribution in [0.2, 0.25) is 0 Å². The third kappa shape index (κ3) is 2.60. The van der Waals surface area contributed by atoms with Crippen molar-refractivity contribution in [1.82, 2.24) is 24.5 Å². The maximum atomic E-state index is 12.6. The van der Waals surface area contributed by atoms with Crippen LogP contribution in [0.25, 0.3) is 15.9 Å². The number of carbonyl (C=O) groups is 1. The van der Waals surface area contributed by atoms with Gasteiger partial charge < -0.3 is 10.0 Å². The highest BCUT2D eigenvalue weighted by Crippen LogP contribution is 2.42. The van der Waals surface area contributed by atoms with Gasteiger partial charge in [-0.1, -0.05) is 6.92 Å². The summed E-state index contributed by atoms with van der Waals surface area (Å²) in [5.74, 6) is 0.376. The first-order chi connectivity index (χ1) is 12.1. The van der Waals surface area contributed by atoms with E-state index in [1.54, 1.807) is 27.1 Å². The maximum Gasteiger partial charge on any atom is 0.293 e. The van der Waals surface area contributed by atoms with E-state index in [-0.39, 0.29) is 24.9 Å². The van der Waals surface area contributed by atoms with Crippen LogP contribution in [-0.4, -0.2) is 55.2 Å². The molecule has 0 spiro atoms. The lowest BCUT2D eigenvalue weighted by molar-refractivity contribution is 0.0720. The lowest BCUT2D eigenvalue weighted by Crippen LogP contribution is -2.34. The van der Waals surface area contributed by atoms with Gasteiger partial charge >= 0.3 is 0 Å². The quantitative estimate of drug-likeness (QED) is 0.772. The Morgan fingerprint density at radius 3 is 3.12 bits per heavy atom. The number of aliphatic hydroxyl groups excluding tert-OH is 1. The first kappa shape index (κ1) is 16.4. The van der Waals surface area contributed by atoms with E-state index >= 15 is 0 Å². The van der Waals surface area contributed by atoms with Crippen molar-refractivity contribution < 1.29 is 9.90 Å². The molecule has 1 N–H and O–H groups in total. The lowest BCUT2D eigenvalue weighted by atomic mass is 9.87. The highest BCUT2D eigenvalue weighted by molar-refractivity contribution is 7.19. The zero-order valence-corrected chi connectivity index (χ0v) is 15.2. The fraction of sp³-hybridized carbons (Fsp3) is 0.529. The molecule has 7 nitrogen and oxygen atoms in total. The van der Waals surface area contributed by atoms with Gasteiger partial charge in [0, 0.05) is 18.0 Å². The van der Waals surface area contributed by atoms with Gasteiger partial charge in [0.1, 0.15) is 11.2 Å². The molecule has 1 unspecified atom stereocenters. The van der Waals surface area contributed by atoms with Crippen LogP contribution in [0.5, 0.6) is 0 Å². The molecule has 3 aromatic heterocycles. The van der Waals surface area contributed by atoms with Crippen molar-refractivity contribution in [2.75, 3.05) is 19.7 Å². The second kappa shape index (κ2) is 6.34. The number of likely N-dealkylation sites (N-methyl/N-ethyl adjacent to an activating group) is 1. The maximum absolute atomic E-state index is 12.6. The summed E-state index contributed by atoms with van der Waals surface area (Å²) in [7, 11) is 0. The van der Waals surface area contributed by atoms with Crippen molar-refractivity contribution in [3.8, 4) is 0 Å². The van der Waals surface area contributed by atoms with E-state index < -0.39 is 0 Å². The van der Waals surface area contributed by atoms with E-state index in [1.807, 2.05) is 6.92 Å². The van der Waals surface area contributed by atoms with Crippen LogP contribution in [0.3, 0.4) is 0 Å². The second-order valence-corrected chi connectivity index (χ2v) is 7.55. The number of thiophene rings is 1. The van der Waals surface area contributed by atoms with Gasteiger partial charge in [-0.2, -0.15) is 0 Å². The van der Waals surface area contributed by atoms with Gasteiger partial charge in [-0.15, -0.1) is 16.4 Å². The van der Waals surface area contributed by atoms with Crippen molar-refractivity contribution in [3.05, 3.63) is 22.6 Å². The van der Waals surface area contributed by atoms with Gasteiger partial charge in [0.15, 0.2) is 5.65 Å². The Morgan fingerprint density at radius 2 is 2.36 bits per heavy atom. The van der Waals surface area contributed by atoms with Gasteiger partial charge in [-0.25, -0.2) is 14.5 Å². The average molecular weight is 359 g/mol. The minimum absolute atomic E-state index is 0.0751. The summed E-state index contributed by atoms with van der Waals surface area (Å²) in [5, 5.41) is 14.5. The molecular weight excluding hydrogens is 338 g/mol. The SMILES string of the molecule is CCN(CCO)C(=O)c1nc2c3c4c(sc3ncn2n1)CCCC4C. The van der Waals surface area contributed by atoms with Crippen LogP contribution in [0.15, 0.2) is 6.33 Å². The van der Waals surface area contributed by atoms with Crippen LogP contribution in [0.4, 0.5) is 0 Å². The van der Waals surface area contributed by atoms with Gasteiger partial charge in [0.05, 0.1) is 12.0 Å². The Kier molecular flexibility index (Phi) is 4.16. The van der Waals surface area contributed by atoms with Crippen LogP contribution < -0.4 is 0 Å². The van der Waals surface area contributed by atoms with E-state index in [9.17, 15) is 4.79 Å². The summed E-state index contributed by atoms with van der Waals surface area (Å²) in [6, 6.07) is 0. The Morgan fingerprint density at radius 1 is 1.52 bits per heavy atom.